The van der Waals surface area contributed by atoms with E-state index in [1.807, 2.05) is 31.2 Å². The van der Waals surface area contributed by atoms with Gasteiger partial charge in [-0.2, -0.15) is 0 Å². The summed E-state index contributed by atoms with van der Waals surface area (Å²) in [5, 5.41) is 2.47. The number of hydrogen-bond acceptors (Lipinski definition) is 2. The topological polar surface area (TPSA) is 29.1 Å². The highest BCUT2D eigenvalue weighted by molar-refractivity contribution is 8.00. The molecule has 4 heteroatoms. The number of carbonyl (C=O) groups is 1. The number of hydrogen-bond donors (Lipinski definition) is 1. The van der Waals surface area contributed by atoms with Gasteiger partial charge >= 0.3 is 0 Å². The van der Waals surface area contributed by atoms with Gasteiger partial charge in [0.25, 0.3) is 0 Å². The number of aryl methyl sites for hydroxylation is 1. The van der Waals surface area contributed by atoms with Crippen LogP contribution in [-0.2, 0) is 4.79 Å². The van der Waals surface area contributed by atoms with Gasteiger partial charge in [0.15, 0.2) is 0 Å². The van der Waals surface area contributed by atoms with E-state index in [4.69, 9.17) is 0 Å². The molecule has 0 spiro atoms. The Hall–Kier alpha value is -1.81. The van der Waals surface area contributed by atoms with Crippen LogP contribution in [0.25, 0.3) is 0 Å². The van der Waals surface area contributed by atoms with Gasteiger partial charge in [0.05, 0.1) is 5.25 Å². The van der Waals surface area contributed by atoms with E-state index in [0.717, 1.165) is 11.3 Å². The molecule has 2 nitrogen and oxygen atoms in total. The third kappa shape index (κ3) is 3.84. The average molecular weight is 289 g/mol. The van der Waals surface area contributed by atoms with Crippen molar-refractivity contribution in [3.63, 3.8) is 0 Å². The molecule has 0 aliphatic heterocycles. The number of anilines is 1. The summed E-state index contributed by atoms with van der Waals surface area (Å²) >= 11 is 1.21. The Morgan fingerprint density at radius 2 is 1.95 bits per heavy atom. The number of rotatable bonds is 4. The summed E-state index contributed by atoms with van der Waals surface area (Å²) in [6.45, 7) is 3.73. The van der Waals surface area contributed by atoms with E-state index in [1.165, 1.54) is 17.8 Å². The Morgan fingerprint density at radius 3 is 2.65 bits per heavy atom. The molecule has 0 aromatic heterocycles. The molecule has 0 aliphatic carbocycles. The maximum absolute atomic E-state index is 13.5. The third-order valence-corrected chi connectivity index (χ3v) is 3.95. The van der Waals surface area contributed by atoms with Crippen molar-refractivity contribution in [1.82, 2.24) is 0 Å². The molecule has 1 N–H and O–H groups in total. The maximum atomic E-state index is 13.5. The van der Waals surface area contributed by atoms with Crippen LogP contribution in [0, 0.1) is 12.7 Å². The van der Waals surface area contributed by atoms with Crippen molar-refractivity contribution in [2.24, 2.45) is 0 Å². The van der Waals surface area contributed by atoms with Crippen molar-refractivity contribution in [2.45, 2.75) is 24.0 Å². The first kappa shape index (κ1) is 14.6. The highest BCUT2D eigenvalue weighted by Crippen LogP contribution is 2.26. The van der Waals surface area contributed by atoms with Crippen molar-refractivity contribution in [3.8, 4) is 0 Å². The van der Waals surface area contributed by atoms with Crippen LogP contribution < -0.4 is 5.32 Å². The zero-order chi connectivity index (χ0) is 14.5. The van der Waals surface area contributed by atoms with Crippen LogP contribution in [-0.4, -0.2) is 11.2 Å². The zero-order valence-electron chi connectivity index (χ0n) is 11.4. The molecular weight excluding hydrogens is 273 g/mol. The minimum atomic E-state index is -0.368. The van der Waals surface area contributed by atoms with Crippen LogP contribution in [0.4, 0.5) is 10.1 Å². The Bertz CT molecular complexity index is 615. The summed E-state index contributed by atoms with van der Waals surface area (Å²) in [4.78, 5) is 12.6. The number of nitrogens with one attached hydrogen (secondary N) is 1. The molecule has 2 aromatic carbocycles. The molecule has 0 unspecified atom stereocenters. The quantitative estimate of drug-likeness (QED) is 0.852. The summed E-state index contributed by atoms with van der Waals surface area (Å²) < 4.78 is 13.5. The Kier molecular flexibility index (Phi) is 4.79. The number of halogens is 1. The standard InChI is InChI=1S/C16H16FNOS/c1-11-6-5-7-13(10-11)18-16(19)12(2)20-15-9-4-3-8-14(15)17/h3-10,12H,1-2H3,(H,18,19)/t12-/m1/s1. The van der Waals surface area contributed by atoms with Crippen LogP contribution >= 0.6 is 11.8 Å². The number of amides is 1. The van der Waals surface area contributed by atoms with E-state index in [9.17, 15) is 9.18 Å². The van der Waals surface area contributed by atoms with Crippen molar-refractivity contribution in [1.29, 1.82) is 0 Å². The van der Waals surface area contributed by atoms with E-state index >= 15 is 0 Å². The molecule has 2 rings (SSSR count). The molecule has 2 aromatic rings. The maximum Gasteiger partial charge on any atom is 0.237 e. The van der Waals surface area contributed by atoms with Crippen LogP contribution in [0.3, 0.4) is 0 Å². The Morgan fingerprint density at radius 1 is 1.20 bits per heavy atom. The van der Waals surface area contributed by atoms with E-state index in [0.29, 0.717) is 4.90 Å². The van der Waals surface area contributed by atoms with Gasteiger partial charge in [-0.1, -0.05) is 24.3 Å². The summed E-state index contributed by atoms with van der Waals surface area (Å²) in [6, 6.07) is 14.1. The van der Waals surface area contributed by atoms with Gasteiger partial charge in [0.1, 0.15) is 5.82 Å². The van der Waals surface area contributed by atoms with Crippen LogP contribution in [0.1, 0.15) is 12.5 Å². The Labute approximate surface area is 122 Å². The SMILES string of the molecule is Cc1cccc(NC(=O)[C@@H](C)Sc2ccccc2F)c1. The third-order valence-electron chi connectivity index (χ3n) is 2.80. The molecular formula is C16H16FNOS. The van der Waals surface area contributed by atoms with Gasteiger partial charge in [0.2, 0.25) is 5.91 Å². The lowest BCUT2D eigenvalue weighted by Crippen LogP contribution is -2.22. The predicted molar refractivity (Wildman–Crippen MR) is 81.5 cm³/mol. The van der Waals surface area contributed by atoms with Crippen LogP contribution in [0.2, 0.25) is 0 Å². The Balaban J connectivity index is 2.01. The molecule has 0 bridgehead atoms. The second kappa shape index (κ2) is 6.57. The molecule has 104 valence electrons. The molecule has 0 saturated heterocycles. The first-order valence-electron chi connectivity index (χ1n) is 6.35. The molecule has 0 saturated carbocycles. The minimum absolute atomic E-state index is 0.135. The monoisotopic (exact) mass is 289 g/mol. The second-order valence-corrected chi connectivity index (χ2v) is 5.93. The average Bonchev–Trinajstić information content (AvgIpc) is 2.41. The van der Waals surface area contributed by atoms with E-state index < -0.39 is 0 Å². The summed E-state index contributed by atoms with van der Waals surface area (Å²) in [5.74, 6) is -0.434. The smallest absolute Gasteiger partial charge is 0.237 e. The normalized spacial score (nSPS) is 11.9. The highest BCUT2D eigenvalue weighted by Gasteiger charge is 2.16. The van der Waals surface area contributed by atoms with Gasteiger partial charge < -0.3 is 5.32 Å². The van der Waals surface area contributed by atoms with Crippen LogP contribution in [0.5, 0.6) is 0 Å². The van der Waals surface area contributed by atoms with Gasteiger partial charge in [0, 0.05) is 10.6 Å². The van der Waals surface area contributed by atoms with Crippen molar-refractivity contribution >= 4 is 23.4 Å². The lowest BCUT2D eigenvalue weighted by molar-refractivity contribution is -0.115. The van der Waals surface area contributed by atoms with Crippen molar-refractivity contribution in [3.05, 3.63) is 59.9 Å². The first-order chi connectivity index (χ1) is 9.56. The van der Waals surface area contributed by atoms with Gasteiger partial charge in [-0.25, -0.2) is 4.39 Å². The molecule has 0 radical (unpaired) electrons. The predicted octanol–water partition coefficient (Wildman–Crippen LogP) is 4.25. The largest absolute Gasteiger partial charge is 0.325 e. The second-order valence-electron chi connectivity index (χ2n) is 4.55. The molecule has 0 aliphatic rings. The first-order valence-corrected chi connectivity index (χ1v) is 7.23. The fraction of sp³-hybridized carbons (Fsp3) is 0.188. The molecule has 0 heterocycles. The summed E-state index contributed by atoms with van der Waals surface area (Å²) in [6.07, 6.45) is 0. The number of thioether (sulfide) groups is 1. The van der Waals surface area contributed by atoms with E-state index in [-0.39, 0.29) is 17.0 Å². The van der Waals surface area contributed by atoms with Crippen molar-refractivity contribution in [2.75, 3.05) is 5.32 Å². The summed E-state index contributed by atoms with van der Waals surface area (Å²) in [7, 11) is 0. The highest BCUT2D eigenvalue weighted by atomic mass is 32.2. The van der Waals surface area contributed by atoms with E-state index in [1.54, 1.807) is 25.1 Å². The van der Waals surface area contributed by atoms with Gasteiger partial charge in [-0.15, -0.1) is 11.8 Å². The number of carbonyl (C=O) groups excluding carboxylic acids is 1. The van der Waals surface area contributed by atoms with Crippen LogP contribution in [0.15, 0.2) is 53.4 Å². The molecule has 20 heavy (non-hydrogen) atoms. The lowest BCUT2D eigenvalue weighted by atomic mass is 10.2. The molecule has 1 atom stereocenters. The lowest BCUT2D eigenvalue weighted by Gasteiger charge is -2.12. The van der Waals surface area contributed by atoms with Crippen molar-refractivity contribution < 1.29 is 9.18 Å². The van der Waals surface area contributed by atoms with Gasteiger partial charge in [-0.3, -0.25) is 4.79 Å². The van der Waals surface area contributed by atoms with E-state index in [2.05, 4.69) is 5.32 Å². The fourth-order valence-electron chi connectivity index (χ4n) is 1.75. The fourth-order valence-corrected chi connectivity index (χ4v) is 2.64. The number of benzene rings is 2. The molecule has 1 amide bonds. The molecule has 0 fully saturated rings. The zero-order valence-corrected chi connectivity index (χ0v) is 12.2. The minimum Gasteiger partial charge on any atom is -0.325 e. The van der Waals surface area contributed by atoms with Gasteiger partial charge in [-0.05, 0) is 43.7 Å². The summed E-state index contributed by atoms with van der Waals surface area (Å²) in [5.41, 5.74) is 1.84.